The SMILES string of the molecule is CC(C)NS(=O)(=O)c1ccc(F)cc1[N+](=O)[O-]. The molecule has 0 saturated heterocycles. The molecule has 0 fully saturated rings. The van der Waals surface area contributed by atoms with Gasteiger partial charge in [-0.15, -0.1) is 0 Å². The van der Waals surface area contributed by atoms with Crippen molar-refractivity contribution in [1.82, 2.24) is 4.72 Å². The van der Waals surface area contributed by atoms with Crippen LogP contribution in [-0.2, 0) is 10.0 Å². The van der Waals surface area contributed by atoms with Gasteiger partial charge in [0.15, 0.2) is 4.90 Å². The van der Waals surface area contributed by atoms with Gasteiger partial charge in [0.1, 0.15) is 5.82 Å². The standard InChI is InChI=1S/C9H11FN2O4S/c1-6(2)11-17(15,16)9-4-3-7(10)5-8(9)12(13)14/h3-6,11H,1-2H3. The zero-order chi connectivity index (χ0) is 13.2. The number of benzene rings is 1. The molecule has 0 aliphatic heterocycles. The summed E-state index contributed by atoms with van der Waals surface area (Å²) in [6.45, 7) is 3.15. The monoisotopic (exact) mass is 262 g/mol. The molecule has 1 aromatic rings. The minimum Gasteiger partial charge on any atom is -0.258 e. The molecular formula is C9H11FN2O4S. The molecule has 94 valence electrons. The predicted molar refractivity (Wildman–Crippen MR) is 58.5 cm³/mol. The van der Waals surface area contributed by atoms with E-state index in [0.29, 0.717) is 6.07 Å². The molecule has 0 aliphatic carbocycles. The fourth-order valence-electron chi connectivity index (χ4n) is 1.23. The van der Waals surface area contributed by atoms with Gasteiger partial charge in [-0.2, -0.15) is 0 Å². The van der Waals surface area contributed by atoms with Crippen molar-refractivity contribution >= 4 is 15.7 Å². The summed E-state index contributed by atoms with van der Waals surface area (Å²) in [5, 5.41) is 10.7. The van der Waals surface area contributed by atoms with Gasteiger partial charge in [0, 0.05) is 6.04 Å². The molecule has 0 atom stereocenters. The van der Waals surface area contributed by atoms with Crippen molar-refractivity contribution in [3.8, 4) is 0 Å². The van der Waals surface area contributed by atoms with E-state index in [1.54, 1.807) is 13.8 Å². The highest BCUT2D eigenvalue weighted by atomic mass is 32.2. The van der Waals surface area contributed by atoms with Gasteiger partial charge in [0.25, 0.3) is 5.69 Å². The number of sulfonamides is 1. The van der Waals surface area contributed by atoms with Crippen LogP contribution in [0.1, 0.15) is 13.8 Å². The van der Waals surface area contributed by atoms with E-state index in [0.717, 1.165) is 12.1 Å². The van der Waals surface area contributed by atoms with Crippen LogP contribution in [0, 0.1) is 15.9 Å². The van der Waals surface area contributed by atoms with Gasteiger partial charge in [0.05, 0.1) is 11.0 Å². The van der Waals surface area contributed by atoms with Gasteiger partial charge < -0.3 is 0 Å². The van der Waals surface area contributed by atoms with E-state index >= 15 is 0 Å². The summed E-state index contributed by atoms with van der Waals surface area (Å²) in [4.78, 5) is 9.18. The van der Waals surface area contributed by atoms with Gasteiger partial charge in [0.2, 0.25) is 10.0 Å². The van der Waals surface area contributed by atoms with E-state index in [9.17, 15) is 22.9 Å². The molecule has 0 heterocycles. The number of hydrogen-bond acceptors (Lipinski definition) is 4. The van der Waals surface area contributed by atoms with Crippen LogP contribution in [0.5, 0.6) is 0 Å². The maximum Gasteiger partial charge on any atom is 0.292 e. The number of nitro groups is 1. The summed E-state index contributed by atoms with van der Waals surface area (Å²) in [7, 11) is -4.01. The Morgan fingerprint density at radius 2 is 2.00 bits per heavy atom. The Hall–Kier alpha value is -1.54. The molecule has 0 unspecified atom stereocenters. The number of hydrogen-bond donors (Lipinski definition) is 1. The van der Waals surface area contributed by atoms with Gasteiger partial charge in [-0.05, 0) is 26.0 Å². The minimum atomic E-state index is -4.01. The highest BCUT2D eigenvalue weighted by Gasteiger charge is 2.26. The Labute approximate surface area is 97.7 Å². The van der Waals surface area contributed by atoms with Crippen LogP contribution in [0.4, 0.5) is 10.1 Å². The van der Waals surface area contributed by atoms with Crippen LogP contribution in [0.3, 0.4) is 0 Å². The third-order valence-corrected chi connectivity index (χ3v) is 3.50. The lowest BCUT2D eigenvalue weighted by Crippen LogP contribution is -2.30. The molecule has 1 rings (SSSR count). The number of nitrogens with one attached hydrogen (secondary N) is 1. The summed E-state index contributed by atoms with van der Waals surface area (Å²) < 4.78 is 38.5. The number of halogens is 1. The number of nitrogens with zero attached hydrogens (tertiary/aromatic N) is 1. The highest BCUT2D eigenvalue weighted by molar-refractivity contribution is 7.89. The largest absolute Gasteiger partial charge is 0.292 e. The van der Waals surface area contributed by atoms with Crippen LogP contribution in [0.2, 0.25) is 0 Å². The van der Waals surface area contributed by atoms with Crippen molar-refractivity contribution in [2.45, 2.75) is 24.8 Å². The lowest BCUT2D eigenvalue weighted by Gasteiger charge is -2.09. The van der Waals surface area contributed by atoms with E-state index in [1.807, 2.05) is 0 Å². The summed E-state index contributed by atoms with van der Waals surface area (Å²) in [6.07, 6.45) is 0. The van der Waals surface area contributed by atoms with E-state index in [2.05, 4.69) is 4.72 Å². The van der Waals surface area contributed by atoms with E-state index in [1.165, 1.54) is 0 Å². The molecular weight excluding hydrogens is 251 g/mol. The molecule has 1 N–H and O–H groups in total. The second-order valence-corrected chi connectivity index (χ2v) is 5.33. The van der Waals surface area contributed by atoms with E-state index in [-0.39, 0.29) is 0 Å². The first-order valence-corrected chi connectivity index (χ1v) is 6.18. The van der Waals surface area contributed by atoms with Gasteiger partial charge in [-0.3, -0.25) is 10.1 Å². The van der Waals surface area contributed by atoms with Crippen molar-refractivity contribution in [1.29, 1.82) is 0 Å². The van der Waals surface area contributed by atoms with Crippen molar-refractivity contribution < 1.29 is 17.7 Å². The van der Waals surface area contributed by atoms with E-state index in [4.69, 9.17) is 0 Å². The first-order valence-electron chi connectivity index (χ1n) is 4.70. The van der Waals surface area contributed by atoms with Crippen LogP contribution in [-0.4, -0.2) is 19.4 Å². The molecule has 0 bridgehead atoms. The molecule has 17 heavy (non-hydrogen) atoms. The second-order valence-electron chi connectivity index (χ2n) is 3.65. The lowest BCUT2D eigenvalue weighted by atomic mass is 10.3. The average molecular weight is 262 g/mol. The van der Waals surface area contributed by atoms with Crippen LogP contribution >= 0.6 is 0 Å². The first kappa shape index (κ1) is 13.5. The summed E-state index contributed by atoms with van der Waals surface area (Å²) in [5.41, 5.74) is -0.779. The molecule has 0 radical (unpaired) electrons. The molecule has 1 aromatic carbocycles. The smallest absolute Gasteiger partial charge is 0.258 e. The Kier molecular flexibility index (Phi) is 3.79. The van der Waals surface area contributed by atoms with Crippen LogP contribution < -0.4 is 4.72 Å². The third-order valence-electron chi connectivity index (χ3n) is 1.80. The maximum absolute atomic E-state index is 12.8. The maximum atomic E-state index is 12.8. The Balaban J connectivity index is 3.36. The van der Waals surface area contributed by atoms with Crippen molar-refractivity contribution in [3.05, 3.63) is 34.1 Å². The van der Waals surface area contributed by atoms with Crippen molar-refractivity contribution in [2.75, 3.05) is 0 Å². The normalized spacial score (nSPS) is 11.8. The fraction of sp³-hybridized carbons (Fsp3) is 0.333. The highest BCUT2D eigenvalue weighted by Crippen LogP contribution is 2.24. The fourth-order valence-corrected chi connectivity index (χ4v) is 2.64. The summed E-state index contributed by atoms with van der Waals surface area (Å²) in [6, 6.07) is 1.90. The number of nitro benzene ring substituents is 1. The predicted octanol–water partition coefficient (Wildman–Crippen LogP) is 1.42. The quantitative estimate of drug-likeness (QED) is 0.656. The van der Waals surface area contributed by atoms with E-state index < -0.39 is 37.4 Å². The molecule has 0 aromatic heterocycles. The molecule has 6 nitrogen and oxygen atoms in total. The van der Waals surface area contributed by atoms with Gasteiger partial charge in [-0.25, -0.2) is 17.5 Å². The third kappa shape index (κ3) is 3.21. The second kappa shape index (κ2) is 4.76. The Morgan fingerprint density at radius 1 is 1.41 bits per heavy atom. The first-order chi connectivity index (χ1) is 7.74. The average Bonchev–Trinajstić information content (AvgIpc) is 2.14. The molecule has 8 heteroatoms. The minimum absolute atomic E-state index is 0.412. The topological polar surface area (TPSA) is 89.3 Å². The zero-order valence-electron chi connectivity index (χ0n) is 9.18. The Morgan fingerprint density at radius 3 is 2.47 bits per heavy atom. The summed E-state index contributed by atoms with van der Waals surface area (Å²) >= 11 is 0. The molecule has 0 spiro atoms. The lowest BCUT2D eigenvalue weighted by molar-refractivity contribution is -0.388. The van der Waals surface area contributed by atoms with Crippen LogP contribution in [0.25, 0.3) is 0 Å². The van der Waals surface area contributed by atoms with Gasteiger partial charge in [-0.1, -0.05) is 0 Å². The molecule has 0 amide bonds. The number of rotatable bonds is 4. The summed E-state index contributed by atoms with van der Waals surface area (Å²) in [5.74, 6) is -0.861. The van der Waals surface area contributed by atoms with Crippen molar-refractivity contribution in [3.63, 3.8) is 0 Å². The zero-order valence-corrected chi connectivity index (χ0v) is 9.99. The van der Waals surface area contributed by atoms with Crippen LogP contribution in [0.15, 0.2) is 23.1 Å². The van der Waals surface area contributed by atoms with Gasteiger partial charge >= 0.3 is 0 Å². The van der Waals surface area contributed by atoms with Crippen molar-refractivity contribution in [2.24, 2.45) is 0 Å². The molecule has 0 aliphatic rings. The Bertz CT molecular complexity index is 542. The molecule has 0 saturated carbocycles.